The maximum atomic E-state index is 13.2. The average Bonchev–Trinajstić information content (AvgIpc) is 3.35. The molecule has 0 aliphatic carbocycles. The van der Waals surface area contributed by atoms with Crippen LogP contribution in [0.1, 0.15) is 15.9 Å². The van der Waals surface area contributed by atoms with Crippen molar-refractivity contribution in [3.8, 4) is 0 Å². The summed E-state index contributed by atoms with van der Waals surface area (Å²) < 4.78 is 27.8. The lowest BCUT2D eigenvalue weighted by Gasteiger charge is -2.33. The van der Waals surface area contributed by atoms with Gasteiger partial charge in [0.1, 0.15) is 0 Å². The molecule has 2 aliphatic rings. The summed E-state index contributed by atoms with van der Waals surface area (Å²) in [7, 11) is -1.96. The van der Waals surface area contributed by atoms with Crippen LogP contribution in [0.15, 0.2) is 53.6 Å². The van der Waals surface area contributed by atoms with Gasteiger partial charge in [-0.1, -0.05) is 18.2 Å². The fraction of sp³-hybridized carbons (Fsp3) is 0.304. The Bertz CT molecular complexity index is 1320. The van der Waals surface area contributed by atoms with E-state index in [9.17, 15) is 18.0 Å². The molecule has 0 spiro atoms. The molecule has 2 aromatic carbocycles. The molecule has 1 aromatic heterocycles. The fourth-order valence-corrected chi connectivity index (χ4v) is 5.95. The van der Waals surface area contributed by atoms with E-state index >= 15 is 0 Å². The van der Waals surface area contributed by atoms with Gasteiger partial charge in [0.15, 0.2) is 5.78 Å². The summed E-state index contributed by atoms with van der Waals surface area (Å²) in [5.74, 6) is -0.0193. The first kappa shape index (κ1) is 20.9. The number of nitrogens with zero attached hydrogens (tertiary/aromatic N) is 3. The molecule has 5 rings (SSSR count). The second kappa shape index (κ2) is 7.84. The Labute approximate surface area is 186 Å². The number of likely N-dealkylation sites (N-methyl/N-ethyl adjacent to an activating group) is 1. The molecule has 1 amide bonds. The molecule has 1 N–H and O–H groups in total. The van der Waals surface area contributed by atoms with Crippen molar-refractivity contribution < 1.29 is 18.0 Å². The highest BCUT2D eigenvalue weighted by molar-refractivity contribution is 7.89. The van der Waals surface area contributed by atoms with E-state index < -0.39 is 10.0 Å². The number of amides is 1. The summed E-state index contributed by atoms with van der Waals surface area (Å²) in [6, 6.07) is 12.6. The van der Waals surface area contributed by atoms with Gasteiger partial charge in [-0.05, 0) is 29.8 Å². The van der Waals surface area contributed by atoms with Gasteiger partial charge in [-0.3, -0.25) is 14.5 Å². The van der Waals surface area contributed by atoms with Crippen molar-refractivity contribution in [2.24, 2.45) is 0 Å². The molecule has 3 aromatic rings. The molecule has 3 heterocycles. The molecule has 9 heteroatoms. The van der Waals surface area contributed by atoms with Crippen LogP contribution in [0.3, 0.4) is 0 Å². The highest BCUT2D eigenvalue weighted by Gasteiger charge is 2.32. The van der Waals surface area contributed by atoms with Crippen LogP contribution in [0, 0.1) is 0 Å². The van der Waals surface area contributed by atoms with Crippen LogP contribution in [-0.4, -0.2) is 74.1 Å². The summed E-state index contributed by atoms with van der Waals surface area (Å²) in [6.45, 7) is 1.86. The van der Waals surface area contributed by atoms with E-state index in [-0.39, 0.29) is 29.6 Å². The highest BCUT2D eigenvalue weighted by Crippen LogP contribution is 2.31. The van der Waals surface area contributed by atoms with Crippen molar-refractivity contribution >= 4 is 38.3 Å². The highest BCUT2D eigenvalue weighted by atomic mass is 32.2. The van der Waals surface area contributed by atoms with Gasteiger partial charge < -0.3 is 9.88 Å². The molecule has 0 unspecified atom stereocenters. The second-order valence-corrected chi connectivity index (χ2v) is 10.2. The SMILES string of the molecule is CN1C(=O)Cc2cc(S(=O)(=O)N3CCN(CC(=O)c4c[nH]c5ccccc45)CC3)ccc21. The molecule has 2 aliphatic heterocycles. The summed E-state index contributed by atoms with van der Waals surface area (Å²) in [5, 5.41) is 0.902. The Balaban J connectivity index is 1.25. The van der Waals surface area contributed by atoms with E-state index in [1.54, 1.807) is 36.3 Å². The summed E-state index contributed by atoms with van der Waals surface area (Å²) in [4.78, 5) is 31.6. The number of Topliss-reactive ketones (excluding diaryl/α,β-unsaturated/α-hetero) is 1. The van der Waals surface area contributed by atoms with E-state index in [0.717, 1.165) is 22.2 Å². The second-order valence-electron chi connectivity index (χ2n) is 8.27. The van der Waals surface area contributed by atoms with Gasteiger partial charge in [0.2, 0.25) is 15.9 Å². The van der Waals surface area contributed by atoms with Crippen LogP contribution >= 0.6 is 0 Å². The van der Waals surface area contributed by atoms with Crippen LogP contribution in [0.2, 0.25) is 0 Å². The van der Waals surface area contributed by atoms with Gasteiger partial charge in [-0.2, -0.15) is 4.31 Å². The molecular weight excluding hydrogens is 428 g/mol. The van der Waals surface area contributed by atoms with Crippen LogP contribution < -0.4 is 4.90 Å². The first-order valence-corrected chi connectivity index (χ1v) is 12.0. The number of anilines is 1. The molecule has 8 nitrogen and oxygen atoms in total. The summed E-state index contributed by atoms with van der Waals surface area (Å²) in [5.41, 5.74) is 3.08. The van der Waals surface area contributed by atoms with Crippen molar-refractivity contribution in [2.45, 2.75) is 11.3 Å². The predicted molar refractivity (Wildman–Crippen MR) is 121 cm³/mol. The number of aromatic amines is 1. The summed E-state index contributed by atoms with van der Waals surface area (Å²) >= 11 is 0. The van der Waals surface area contributed by atoms with Crippen LogP contribution in [0.5, 0.6) is 0 Å². The van der Waals surface area contributed by atoms with Crippen molar-refractivity contribution in [1.82, 2.24) is 14.2 Å². The van der Waals surface area contributed by atoms with Gasteiger partial charge in [0, 0.05) is 61.6 Å². The average molecular weight is 453 g/mol. The number of benzene rings is 2. The number of rotatable bonds is 5. The quantitative estimate of drug-likeness (QED) is 0.597. The molecule has 0 atom stereocenters. The number of carbonyl (C=O) groups excluding carboxylic acids is 2. The lowest BCUT2D eigenvalue weighted by molar-refractivity contribution is -0.117. The maximum absolute atomic E-state index is 13.2. The minimum atomic E-state index is -3.66. The van der Waals surface area contributed by atoms with E-state index in [0.29, 0.717) is 31.7 Å². The number of piperazine rings is 1. The molecule has 1 saturated heterocycles. The number of hydrogen-bond donors (Lipinski definition) is 1. The van der Waals surface area contributed by atoms with Gasteiger partial charge >= 0.3 is 0 Å². The topological polar surface area (TPSA) is 93.8 Å². The predicted octanol–water partition coefficient (Wildman–Crippen LogP) is 1.88. The van der Waals surface area contributed by atoms with Crippen LogP contribution in [-0.2, 0) is 21.2 Å². The zero-order valence-electron chi connectivity index (χ0n) is 17.7. The Morgan fingerprint density at radius 2 is 1.81 bits per heavy atom. The summed E-state index contributed by atoms with van der Waals surface area (Å²) in [6.07, 6.45) is 1.96. The molecular formula is C23H24N4O4S. The standard InChI is InChI=1S/C23H24N4O4S/c1-25-21-7-6-17(12-16(21)13-23(25)29)32(30,31)27-10-8-26(9-11-27)15-22(28)19-14-24-20-5-3-2-4-18(19)20/h2-7,12,14,24H,8-11,13,15H2,1H3. The number of H-pyrrole nitrogens is 1. The number of para-hydroxylation sites is 1. The van der Waals surface area contributed by atoms with Crippen LogP contribution in [0.4, 0.5) is 5.69 Å². The Hall–Kier alpha value is -3.01. The van der Waals surface area contributed by atoms with E-state index in [4.69, 9.17) is 0 Å². The molecule has 0 bridgehead atoms. The lowest BCUT2D eigenvalue weighted by Crippen LogP contribution is -2.49. The number of aromatic nitrogens is 1. The molecule has 32 heavy (non-hydrogen) atoms. The monoisotopic (exact) mass is 452 g/mol. The van der Waals surface area contributed by atoms with Crippen molar-refractivity contribution in [3.05, 3.63) is 59.8 Å². The lowest BCUT2D eigenvalue weighted by atomic mass is 10.1. The van der Waals surface area contributed by atoms with Crippen molar-refractivity contribution in [1.29, 1.82) is 0 Å². The molecule has 166 valence electrons. The molecule has 0 radical (unpaired) electrons. The third kappa shape index (κ3) is 3.52. The minimum absolute atomic E-state index is 0.0196. The number of nitrogens with one attached hydrogen (secondary N) is 1. The number of sulfonamides is 1. The van der Waals surface area contributed by atoms with E-state index in [1.807, 2.05) is 29.2 Å². The first-order valence-electron chi connectivity index (χ1n) is 10.6. The van der Waals surface area contributed by atoms with Gasteiger partial charge in [-0.15, -0.1) is 0 Å². The van der Waals surface area contributed by atoms with Crippen molar-refractivity contribution in [2.75, 3.05) is 44.7 Å². The maximum Gasteiger partial charge on any atom is 0.243 e. The largest absolute Gasteiger partial charge is 0.360 e. The number of carbonyl (C=O) groups is 2. The third-order valence-electron chi connectivity index (χ3n) is 6.35. The van der Waals surface area contributed by atoms with Gasteiger partial charge in [0.05, 0.1) is 17.9 Å². The van der Waals surface area contributed by atoms with Gasteiger partial charge in [-0.25, -0.2) is 8.42 Å². The molecule has 1 fully saturated rings. The fourth-order valence-electron chi connectivity index (χ4n) is 4.47. The smallest absolute Gasteiger partial charge is 0.243 e. The Morgan fingerprint density at radius 1 is 1.06 bits per heavy atom. The van der Waals surface area contributed by atoms with E-state index in [1.165, 1.54) is 4.31 Å². The van der Waals surface area contributed by atoms with Crippen LogP contribution in [0.25, 0.3) is 10.9 Å². The van der Waals surface area contributed by atoms with Crippen molar-refractivity contribution in [3.63, 3.8) is 0 Å². The number of ketones is 1. The first-order chi connectivity index (χ1) is 15.3. The minimum Gasteiger partial charge on any atom is -0.360 e. The Kier molecular flexibility index (Phi) is 5.11. The zero-order valence-corrected chi connectivity index (χ0v) is 18.6. The molecule has 0 saturated carbocycles. The normalized spacial score (nSPS) is 17.8. The zero-order chi connectivity index (χ0) is 22.5. The number of fused-ring (bicyclic) bond motifs is 2. The third-order valence-corrected chi connectivity index (χ3v) is 8.25. The van der Waals surface area contributed by atoms with Gasteiger partial charge in [0.25, 0.3) is 0 Å². The Morgan fingerprint density at radius 3 is 2.59 bits per heavy atom. The number of hydrogen-bond acceptors (Lipinski definition) is 5. The van der Waals surface area contributed by atoms with E-state index in [2.05, 4.69) is 4.98 Å².